The number of carbonyl (C=O) groups excluding carboxylic acids is 1. The van der Waals surface area contributed by atoms with Crippen molar-refractivity contribution in [1.29, 1.82) is 0 Å². The molecule has 0 radical (unpaired) electrons. The number of hydrogen-bond donors (Lipinski definition) is 2. The maximum Gasteiger partial charge on any atom is 0.321 e. The van der Waals surface area contributed by atoms with Crippen molar-refractivity contribution in [2.24, 2.45) is 5.92 Å². The molecule has 1 heterocycles. The van der Waals surface area contributed by atoms with Crippen molar-refractivity contribution in [3.8, 4) is 5.75 Å². The van der Waals surface area contributed by atoms with E-state index in [1.807, 2.05) is 0 Å². The summed E-state index contributed by atoms with van der Waals surface area (Å²) >= 11 is 5.93. The Hall–Kier alpha value is -1.46. The number of carbonyl (C=O) groups is 1. The van der Waals surface area contributed by atoms with E-state index >= 15 is 0 Å². The summed E-state index contributed by atoms with van der Waals surface area (Å²) in [6.45, 7) is 1.50. The molecule has 6 heteroatoms. The van der Waals surface area contributed by atoms with Gasteiger partial charge in [0.15, 0.2) is 0 Å². The number of benzene rings is 1. The number of methoxy groups -OCH3 is 1. The van der Waals surface area contributed by atoms with Crippen molar-refractivity contribution >= 4 is 23.3 Å². The SMILES string of the molecule is COc1ccc(Cl)cc1NC(=O)N1CCC(CO)CC1. The number of aliphatic hydroxyl groups excluding tert-OH is 1. The van der Waals surface area contributed by atoms with Crippen LogP contribution in [0.2, 0.25) is 5.02 Å². The monoisotopic (exact) mass is 298 g/mol. The predicted octanol–water partition coefficient (Wildman–Crippen LogP) is 2.58. The Morgan fingerprint density at radius 3 is 2.80 bits per heavy atom. The number of rotatable bonds is 3. The van der Waals surface area contributed by atoms with Gasteiger partial charge in [0.25, 0.3) is 0 Å². The number of ether oxygens (including phenoxy) is 1. The lowest BCUT2D eigenvalue weighted by Crippen LogP contribution is -2.41. The van der Waals surface area contributed by atoms with Gasteiger partial charge in [0.1, 0.15) is 5.75 Å². The first-order valence-corrected chi connectivity index (χ1v) is 7.02. The Morgan fingerprint density at radius 1 is 1.50 bits per heavy atom. The summed E-state index contributed by atoms with van der Waals surface area (Å²) in [5.74, 6) is 0.882. The molecular weight excluding hydrogens is 280 g/mol. The van der Waals surface area contributed by atoms with Gasteiger partial charge in [-0.3, -0.25) is 0 Å². The molecular formula is C14H19ClN2O3. The molecule has 0 atom stereocenters. The Balaban J connectivity index is 1.99. The number of halogens is 1. The van der Waals surface area contributed by atoms with Crippen molar-refractivity contribution in [1.82, 2.24) is 4.90 Å². The van der Waals surface area contributed by atoms with Gasteiger partial charge in [-0.2, -0.15) is 0 Å². The first-order valence-electron chi connectivity index (χ1n) is 6.64. The van der Waals surface area contributed by atoms with Crippen LogP contribution in [0.5, 0.6) is 5.75 Å². The number of likely N-dealkylation sites (tertiary alicyclic amines) is 1. The van der Waals surface area contributed by atoms with Gasteiger partial charge in [-0.1, -0.05) is 11.6 Å². The van der Waals surface area contributed by atoms with Crippen LogP contribution in [-0.4, -0.2) is 42.8 Å². The number of piperidine rings is 1. The van der Waals surface area contributed by atoms with Gasteiger partial charge in [0, 0.05) is 24.7 Å². The second-order valence-corrected chi connectivity index (χ2v) is 5.32. The van der Waals surface area contributed by atoms with Gasteiger partial charge < -0.3 is 20.1 Å². The number of anilines is 1. The molecule has 1 saturated heterocycles. The third-order valence-electron chi connectivity index (χ3n) is 3.56. The third-order valence-corrected chi connectivity index (χ3v) is 3.80. The molecule has 1 aliphatic heterocycles. The minimum absolute atomic E-state index is 0.165. The lowest BCUT2D eigenvalue weighted by molar-refractivity contribution is 0.143. The van der Waals surface area contributed by atoms with E-state index in [1.165, 1.54) is 0 Å². The molecule has 1 fully saturated rings. The second-order valence-electron chi connectivity index (χ2n) is 4.89. The smallest absolute Gasteiger partial charge is 0.321 e. The molecule has 2 rings (SSSR count). The van der Waals surface area contributed by atoms with Crippen molar-refractivity contribution in [2.75, 3.05) is 32.1 Å². The molecule has 0 bridgehead atoms. The molecule has 110 valence electrons. The quantitative estimate of drug-likeness (QED) is 0.901. The average molecular weight is 299 g/mol. The number of urea groups is 1. The zero-order valence-corrected chi connectivity index (χ0v) is 12.2. The number of aliphatic hydroxyl groups is 1. The van der Waals surface area contributed by atoms with Crippen LogP contribution >= 0.6 is 11.6 Å². The molecule has 0 aromatic heterocycles. The fourth-order valence-corrected chi connectivity index (χ4v) is 2.46. The molecule has 20 heavy (non-hydrogen) atoms. The van der Waals surface area contributed by atoms with Gasteiger partial charge >= 0.3 is 6.03 Å². The Bertz CT molecular complexity index is 473. The zero-order chi connectivity index (χ0) is 14.5. The van der Waals surface area contributed by atoms with Crippen LogP contribution in [0.15, 0.2) is 18.2 Å². The number of hydrogen-bond acceptors (Lipinski definition) is 3. The minimum Gasteiger partial charge on any atom is -0.495 e. The van der Waals surface area contributed by atoms with Crippen LogP contribution in [0.3, 0.4) is 0 Å². The largest absolute Gasteiger partial charge is 0.495 e. The number of nitrogens with zero attached hydrogens (tertiary/aromatic N) is 1. The molecule has 2 N–H and O–H groups in total. The number of amides is 2. The van der Waals surface area contributed by atoms with Crippen LogP contribution in [0.1, 0.15) is 12.8 Å². The Labute approximate surface area is 123 Å². The van der Waals surface area contributed by atoms with Crippen LogP contribution in [-0.2, 0) is 0 Å². The van der Waals surface area contributed by atoms with E-state index in [1.54, 1.807) is 30.2 Å². The highest BCUT2D eigenvalue weighted by atomic mass is 35.5. The summed E-state index contributed by atoms with van der Waals surface area (Å²) in [6, 6.07) is 4.93. The highest BCUT2D eigenvalue weighted by molar-refractivity contribution is 6.31. The maximum atomic E-state index is 12.2. The first-order chi connectivity index (χ1) is 9.63. The van der Waals surface area contributed by atoms with Crippen molar-refractivity contribution in [3.05, 3.63) is 23.2 Å². The highest BCUT2D eigenvalue weighted by Crippen LogP contribution is 2.28. The lowest BCUT2D eigenvalue weighted by atomic mass is 9.98. The van der Waals surface area contributed by atoms with E-state index in [4.69, 9.17) is 21.4 Å². The average Bonchev–Trinajstić information content (AvgIpc) is 2.47. The summed E-state index contributed by atoms with van der Waals surface area (Å²) in [5, 5.41) is 12.5. The van der Waals surface area contributed by atoms with Crippen LogP contribution < -0.4 is 10.1 Å². The maximum absolute atomic E-state index is 12.2. The topological polar surface area (TPSA) is 61.8 Å². The summed E-state index contributed by atoms with van der Waals surface area (Å²) in [4.78, 5) is 13.9. The summed E-state index contributed by atoms with van der Waals surface area (Å²) in [6.07, 6.45) is 1.66. The molecule has 5 nitrogen and oxygen atoms in total. The lowest BCUT2D eigenvalue weighted by Gasteiger charge is -2.31. The standard InChI is InChI=1S/C14H19ClN2O3/c1-20-13-3-2-11(15)8-12(13)16-14(19)17-6-4-10(9-18)5-7-17/h2-3,8,10,18H,4-7,9H2,1H3,(H,16,19). The molecule has 1 aromatic carbocycles. The van der Waals surface area contributed by atoms with E-state index in [9.17, 15) is 4.79 Å². The second kappa shape index (κ2) is 6.81. The highest BCUT2D eigenvalue weighted by Gasteiger charge is 2.22. The van der Waals surface area contributed by atoms with Crippen molar-refractivity contribution in [3.63, 3.8) is 0 Å². The zero-order valence-electron chi connectivity index (χ0n) is 11.4. The van der Waals surface area contributed by atoms with Gasteiger partial charge in [0.2, 0.25) is 0 Å². The van der Waals surface area contributed by atoms with E-state index in [0.717, 1.165) is 12.8 Å². The molecule has 0 spiro atoms. The van der Waals surface area contributed by atoms with Gasteiger partial charge in [0.05, 0.1) is 12.8 Å². The normalized spacial score (nSPS) is 16.1. The van der Waals surface area contributed by atoms with Gasteiger partial charge in [-0.25, -0.2) is 4.79 Å². The Kier molecular flexibility index (Phi) is 5.09. The van der Waals surface area contributed by atoms with Crippen molar-refractivity contribution in [2.45, 2.75) is 12.8 Å². The van der Waals surface area contributed by atoms with Crippen LogP contribution in [0.25, 0.3) is 0 Å². The Morgan fingerprint density at radius 2 is 2.20 bits per heavy atom. The summed E-state index contributed by atoms with van der Waals surface area (Å²) in [7, 11) is 1.55. The molecule has 1 aliphatic rings. The molecule has 1 aromatic rings. The van der Waals surface area contributed by atoms with E-state index in [0.29, 0.717) is 35.5 Å². The number of nitrogens with one attached hydrogen (secondary N) is 1. The van der Waals surface area contributed by atoms with Crippen LogP contribution in [0.4, 0.5) is 10.5 Å². The van der Waals surface area contributed by atoms with Crippen LogP contribution in [0, 0.1) is 5.92 Å². The molecule has 0 unspecified atom stereocenters. The molecule has 2 amide bonds. The summed E-state index contributed by atoms with van der Waals surface area (Å²) in [5.41, 5.74) is 0.564. The van der Waals surface area contributed by atoms with Gasteiger partial charge in [-0.15, -0.1) is 0 Å². The first kappa shape index (κ1) is 14.9. The molecule has 0 saturated carbocycles. The predicted molar refractivity (Wildman–Crippen MR) is 78.4 cm³/mol. The third kappa shape index (κ3) is 3.55. The fourth-order valence-electron chi connectivity index (χ4n) is 2.29. The van der Waals surface area contributed by atoms with Crippen molar-refractivity contribution < 1.29 is 14.6 Å². The minimum atomic E-state index is -0.165. The fraction of sp³-hybridized carbons (Fsp3) is 0.500. The van der Waals surface area contributed by atoms with E-state index in [-0.39, 0.29) is 12.6 Å². The molecule has 0 aliphatic carbocycles. The summed E-state index contributed by atoms with van der Waals surface area (Å²) < 4.78 is 5.20. The van der Waals surface area contributed by atoms with E-state index in [2.05, 4.69) is 5.32 Å². The van der Waals surface area contributed by atoms with Gasteiger partial charge in [-0.05, 0) is 37.0 Å². The van der Waals surface area contributed by atoms with E-state index < -0.39 is 0 Å².